The molecule has 1 aromatic carbocycles. The number of rotatable bonds is 3. The van der Waals surface area contributed by atoms with E-state index < -0.39 is 0 Å². The molecule has 0 unspecified atom stereocenters. The van der Waals surface area contributed by atoms with Crippen LogP contribution in [0.4, 0.5) is 0 Å². The number of aromatic nitrogens is 2. The molecule has 0 radical (unpaired) electrons. The Kier molecular flexibility index (Phi) is 4.30. The first kappa shape index (κ1) is 16.1. The molecule has 3 aromatic rings. The highest BCUT2D eigenvalue weighted by atomic mass is 16.2. The summed E-state index contributed by atoms with van der Waals surface area (Å²) in [5.41, 5.74) is 4.39. The minimum absolute atomic E-state index is 0.0208. The van der Waals surface area contributed by atoms with E-state index in [0.29, 0.717) is 5.56 Å². The largest absolute Gasteiger partial charge is 0.333 e. The van der Waals surface area contributed by atoms with Gasteiger partial charge in [-0.05, 0) is 50.6 Å². The van der Waals surface area contributed by atoms with Crippen LogP contribution in [0.1, 0.15) is 40.3 Å². The third-order valence-electron chi connectivity index (χ3n) is 4.34. The number of carbonyl (C=O) groups is 1. The summed E-state index contributed by atoms with van der Waals surface area (Å²) in [5, 5.41) is 0.885. The lowest BCUT2D eigenvalue weighted by atomic mass is 10.0. The number of benzene rings is 1. The van der Waals surface area contributed by atoms with Gasteiger partial charge in [0.25, 0.3) is 5.91 Å². The first-order valence-corrected chi connectivity index (χ1v) is 8.03. The second kappa shape index (κ2) is 6.40. The fourth-order valence-electron chi connectivity index (χ4n) is 2.84. The number of carbonyl (C=O) groups excluding carboxylic acids is 1. The van der Waals surface area contributed by atoms with Gasteiger partial charge in [0.15, 0.2) is 0 Å². The minimum atomic E-state index is -0.104. The van der Waals surface area contributed by atoms with Crippen LogP contribution in [-0.4, -0.2) is 27.8 Å². The maximum atomic E-state index is 13.1. The summed E-state index contributed by atoms with van der Waals surface area (Å²) in [6.07, 6.45) is 1.75. The number of hydrogen-bond acceptors (Lipinski definition) is 3. The zero-order valence-electron chi connectivity index (χ0n) is 14.4. The Morgan fingerprint density at radius 2 is 1.92 bits per heavy atom. The van der Waals surface area contributed by atoms with E-state index in [1.165, 1.54) is 0 Å². The van der Waals surface area contributed by atoms with Crippen molar-refractivity contribution in [2.24, 2.45) is 0 Å². The van der Waals surface area contributed by atoms with Gasteiger partial charge in [-0.15, -0.1) is 0 Å². The van der Waals surface area contributed by atoms with Gasteiger partial charge in [0.1, 0.15) is 0 Å². The molecule has 0 aliphatic rings. The molecule has 1 atom stereocenters. The van der Waals surface area contributed by atoms with Crippen molar-refractivity contribution in [1.82, 2.24) is 14.9 Å². The standard InChI is InChI=1S/C20H21N3O/c1-13-8-9-16-17(12-14(2)22-19(16)11-13)20(24)23(4)15(3)18-7-5-6-10-21-18/h5-12,15H,1-4H3/t15-/m0/s1. The van der Waals surface area contributed by atoms with Gasteiger partial charge in [-0.3, -0.25) is 14.8 Å². The molecule has 0 saturated heterocycles. The van der Waals surface area contributed by atoms with Gasteiger partial charge >= 0.3 is 0 Å². The zero-order chi connectivity index (χ0) is 17.3. The maximum absolute atomic E-state index is 13.1. The van der Waals surface area contributed by atoms with E-state index in [9.17, 15) is 4.79 Å². The van der Waals surface area contributed by atoms with E-state index >= 15 is 0 Å². The lowest BCUT2D eigenvalue weighted by Gasteiger charge is -2.25. The van der Waals surface area contributed by atoms with Gasteiger partial charge in [-0.1, -0.05) is 18.2 Å². The SMILES string of the molecule is Cc1ccc2c(C(=O)N(C)[C@@H](C)c3ccccn3)cc(C)nc2c1. The first-order chi connectivity index (χ1) is 11.5. The van der Waals surface area contributed by atoms with E-state index in [0.717, 1.165) is 27.9 Å². The normalized spacial score (nSPS) is 12.2. The van der Waals surface area contributed by atoms with Crippen molar-refractivity contribution in [3.63, 3.8) is 0 Å². The van der Waals surface area contributed by atoms with Crippen molar-refractivity contribution in [2.45, 2.75) is 26.8 Å². The van der Waals surface area contributed by atoms with Crippen molar-refractivity contribution >= 4 is 16.8 Å². The molecule has 0 bridgehead atoms. The molecular weight excluding hydrogens is 298 g/mol. The Labute approximate surface area is 142 Å². The summed E-state index contributed by atoms with van der Waals surface area (Å²) >= 11 is 0. The Balaban J connectivity index is 2.02. The lowest BCUT2D eigenvalue weighted by Crippen LogP contribution is -2.30. The zero-order valence-corrected chi connectivity index (χ0v) is 14.4. The number of fused-ring (bicyclic) bond motifs is 1. The molecule has 4 nitrogen and oxygen atoms in total. The third-order valence-corrected chi connectivity index (χ3v) is 4.34. The summed E-state index contributed by atoms with van der Waals surface area (Å²) in [4.78, 5) is 23.7. The average Bonchev–Trinajstić information content (AvgIpc) is 2.59. The number of hydrogen-bond donors (Lipinski definition) is 0. The second-order valence-electron chi connectivity index (χ2n) is 6.18. The Hall–Kier alpha value is -2.75. The molecule has 1 amide bonds. The Morgan fingerprint density at radius 3 is 2.62 bits per heavy atom. The van der Waals surface area contributed by atoms with Crippen LogP contribution < -0.4 is 0 Å². The van der Waals surface area contributed by atoms with Crippen LogP contribution in [0, 0.1) is 13.8 Å². The van der Waals surface area contributed by atoms with Crippen LogP contribution in [0.15, 0.2) is 48.7 Å². The molecule has 2 aromatic heterocycles. The summed E-state index contributed by atoms with van der Waals surface area (Å²) in [6, 6.07) is 13.5. The Bertz CT molecular complexity index is 885. The van der Waals surface area contributed by atoms with Crippen LogP contribution in [0.25, 0.3) is 10.9 Å². The highest BCUT2D eigenvalue weighted by Crippen LogP contribution is 2.24. The van der Waals surface area contributed by atoms with Gasteiger partial charge in [0.05, 0.1) is 22.8 Å². The van der Waals surface area contributed by atoms with E-state index in [1.54, 1.807) is 11.1 Å². The second-order valence-corrected chi connectivity index (χ2v) is 6.18. The summed E-state index contributed by atoms with van der Waals surface area (Å²) in [6.45, 7) is 5.93. The predicted octanol–water partition coefficient (Wildman–Crippen LogP) is 4.08. The quantitative estimate of drug-likeness (QED) is 0.731. The Morgan fingerprint density at radius 1 is 1.12 bits per heavy atom. The topological polar surface area (TPSA) is 46.1 Å². The van der Waals surface area contributed by atoms with Crippen molar-refractivity contribution in [3.8, 4) is 0 Å². The fraction of sp³-hybridized carbons (Fsp3) is 0.250. The third kappa shape index (κ3) is 3.00. The van der Waals surface area contributed by atoms with Gasteiger partial charge in [-0.25, -0.2) is 0 Å². The number of nitrogens with zero attached hydrogens (tertiary/aromatic N) is 3. The van der Waals surface area contributed by atoms with Gasteiger partial charge in [0, 0.05) is 24.3 Å². The van der Waals surface area contributed by atoms with Crippen LogP contribution in [0.3, 0.4) is 0 Å². The van der Waals surface area contributed by atoms with E-state index in [2.05, 4.69) is 9.97 Å². The molecule has 3 rings (SSSR count). The number of aryl methyl sites for hydroxylation is 2. The molecular formula is C20H21N3O. The molecule has 4 heteroatoms. The highest BCUT2D eigenvalue weighted by Gasteiger charge is 2.22. The number of pyridine rings is 2. The van der Waals surface area contributed by atoms with Crippen molar-refractivity contribution in [1.29, 1.82) is 0 Å². The van der Waals surface area contributed by atoms with Gasteiger partial charge in [0.2, 0.25) is 0 Å². The van der Waals surface area contributed by atoms with Crippen LogP contribution in [0.2, 0.25) is 0 Å². The number of amides is 1. The van der Waals surface area contributed by atoms with Crippen molar-refractivity contribution in [3.05, 3.63) is 71.2 Å². The maximum Gasteiger partial charge on any atom is 0.254 e. The van der Waals surface area contributed by atoms with Crippen LogP contribution in [-0.2, 0) is 0 Å². The predicted molar refractivity (Wildman–Crippen MR) is 96.0 cm³/mol. The molecule has 2 heterocycles. The highest BCUT2D eigenvalue weighted by molar-refractivity contribution is 6.06. The molecule has 0 N–H and O–H groups in total. The summed E-state index contributed by atoms with van der Waals surface area (Å²) < 4.78 is 0. The lowest BCUT2D eigenvalue weighted by molar-refractivity contribution is 0.0741. The van der Waals surface area contributed by atoms with Crippen LogP contribution in [0.5, 0.6) is 0 Å². The molecule has 24 heavy (non-hydrogen) atoms. The minimum Gasteiger partial charge on any atom is -0.333 e. The summed E-state index contributed by atoms with van der Waals surface area (Å²) in [7, 11) is 1.82. The molecule has 0 aliphatic heterocycles. The molecule has 0 aliphatic carbocycles. The average molecular weight is 319 g/mol. The smallest absolute Gasteiger partial charge is 0.254 e. The van der Waals surface area contributed by atoms with E-state index in [-0.39, 0.29) is 11.9 Å². The summed E-state index contributed by atoms with van der Waals surface area (Å²) in [5.74, 6) is -0.0208. The van der Waals surface area contributed by atoms with Crippen LogP contribution >= 0.6 is 0 Å². The molecule has 0 spiro atoms. The van der Waals surface area contributed by atoms with Gasteiger partial charge in [-0.2, -0.15) is 0 Å². The molecule has 122 valence electrons. The van der Waals surface area contributed by atoms with E-state index in [1.807, 2.05) is 70.3 Å². The molecule has 0 saturated carbocycles. The van der Waals surface area contributed by atoms with Crippen molar-refractivity contribution in [2.75, 3.05) is 7.05 Å². The van der Waals surface area contributed by atoms with E-state index in [4.69, 9.17) is 0 Å². The van der Waals surface area contributed by atoms with Crippen molar-refractivity contribution < 1.29 is 4.79 Å². The first-order valence-electron chi connectivity index (χ1n) is 8.03. The fourth-order valence-corrected chi connectivity index (χ4v) is 2.84. The van der Waals surface area contributed by atoms with Gasteiger partial charge < -0.3 is 4.90 Å². The monoisotopic (exact) mass is 319 g/mol. The molecule has 0 fully saturated rings.